The Morgan fingerprint density at radius 1 is 1.26 bits per heavy atom. The molecule has 1 amide bonds. The fourth-order valence-electron chi connectivity index (χ4n) is 2.87. The van der Waals surface area contributed by atoms with Crippen molar-refractivity contribution in [3.05, 3.63) is 35.9 Å². The van der Waals surface area contributed by atoms with Crippen molar-refractivity contribution in [1.29, 1.82) is 0 Å². The predicted octanol–water partition coefficient (Wildman–Crippen LogP) is 2.71. The van der Waals surface area contributed by atoms with Crippen LogP contribution in [-0.2, 0) is 4.79 Å². The molecule has 1 saturated carbocycles. The van der Waals surface area contributed by atoms with Gasteiger partial charge in [0, 0.05) is 14.1 Å². The summed E-state index contributed by atoms with van der Waals surface area (Å²) in [4.78, 5) is 14.2. The third-order valence-electron chi connectivity index (χ3n) is 4.12. The van der Waals surface area contributed by atoms with Crippen LogP contribution < -0.4 is 0 Å². The minimum Gasteiger partial charge on any atom is -0.348 e. The van der Waals surface area contributed by atoms with Gasteiger partial charge in [-0.2, -0.15) is 0 Å². The van der Waals surface area contributed by atoms with Crippen molar-refractivity contribution in [2.24, 2.45) is 0 Å². The fraction of sp³-hybridized carbons (Fsp3) is 0.500. The van der Waals surface area contributed by atoms with E-state index in [1.807, 2.05) is 35.0 Å². The average Bonchev–Trinajstić information content (AvgIpc) is 3.23. The molecule has 0 aliphatic heterocycles. The number of carbonyl (C=O) groups is 1. The van der Waals surface area contributed by atoms with Crippen molar-refractivity contribution in [1.82, 2.24) is 25.1 Å². The van der Waals surface area contributed by atoms with E-state index >= 15 is 0 Å². The van der Waals surface area contributed by atoms with Crippen LogP contribution in [0.5, 0.6) is 0 Å². The predicted molar refractivity (Wildman–Crippen MR) is 89.1 cm³/mol. The highest BCUT2D eigenvalue weighted by Crippen LogP contribution is 2.38. The molecule has 1 aromatic heterocycles. The molecular weight excluding hydrogens is 310 g/mol. The molecule has 0 radical (unpaired) electrons. The number of thioether (sulfide) groups is 1. The highest BCUT2D eigenvalue weighted by atomic mass is 32.2. The summed E-state index contributed by atoms with van der Waals surface area (Å²) in [6.45, 7) is 0. The Morgan fingerprint density at radius 3 is 2.61 bits per heavy atom. The zero-order valence-corrected chi connectivity index (χ0v) is 14.2. The zero-order valence-electron chi connectivity index (χ0n) is 13.4. The molecule has 7 heteroatoms. The van der Waals surface area contributed by atoms with E-state index in [9.17, 15) is 4.79 Å². The summed E-state index contributed by atoms with van der Waals surface area (Å²) in [5.74, 6) is 0.0437. The van der Waals surface area contributed by atoms with Crippen LogP contribution in [0.4, 0.5) is 0 Å². The average molecular weight is 331 g/mol. The lowest BCUT2D eigenvalue weighted by Crippen LogP contribution is -2.27. The summed E-state index contributed by atoms with van der Waals surface area (Å²) in [5.41, 5.74) is 0.970. The third kappa shape index (κ3) is 3.55. The molecule has 0 spiro atoms. The van der Waals surface area contributed by atoms with Crippen molar-refractivity contribution < 1.29 is 4.79 Å². The van der Waals surface area contributed by atoms with Gasteiger partial charge in [0.05, 0.1) is 6.04 Å². The van der Waals surface area contributed by atoms with E-state index in [4.69, 9.17) is 0 Å². The number of likely N-dealkylation sites (N-methyl/N-ethyl adjacent to an activating group) is 1. The molecule has 0 saturated heterocycles. The first-order valence-electron chi connectivity index (χ1n) is 7.87. The molecule has 0 N–H and O–H groups in total. The maximum Gasteiger partial charge on any atom is 0.240 e. The third-order valence-corrected chi connectivity index (χ3v) is 5.31. The first-order valence-corrected chi connectivity index (χ1v) is 8.75. The highest BCUT2D eigenvalue weighted by molar-refractivity contribution is 8.00. The van der Waals surface area contributed by atoms with E-state index in [0.717, 1.165) is 23.6 Å². The van der Waals surface area contributed by atoms with E-state index in [-0.39, 0.29) is 11.2 Å². The number of rotatable bonds is 5. The van der Waals surface area contributed by atoms with Crippen LogP contribution in [0, 0.1) is 0 Å². The maximum atomic E-state index is 12.6. The van der Waals surface area contributed by atoms with Crippen LogP contribution >= 0.6 is 11.8 Å². The Balaban J connectivity index is 1.87. The lowest BCUT2D eigenvalue weighted by molar-refractivity contribution is -0.128. The summed E-state index contributed by atoms with van der Waals surface area (Å²) in [5, 5.41) is 12.5. The first-order chi connectivity index (χ1) is 11.2. The second-order valence-electron chi connectivity index (χ2n) is 5.99. The monoisotopic (exact) mass is 331 g/mol. The summed E-state index contributed by atoms with van der Waals surface area (Å²) < 4.78 is 1.90. The summed E-state index contributed by atoms with van der Waals surface area (Å²) in [6.07, 6.45) is 4.65. The molecule has 1 atom stereocenters. The SMILES string of the molecule is CN(C)C(=O)[C@@H](Sc1nnnn1C1CCCC1)c1ccccc1. The smallest absolute Gasteiger partial charge is 0.240 e. The van der Waals surface area contributed by atoms with E-state index in [0.29, 0.717) is 6.04 Å². The Bertz CT molecular complexity index is 652. The van der Waals surface area contributed by atoms with Gasteiger partial charge in [0.1, 0.15) is 5.25 Å². The molecule has 6 nitrogen and oxygen atoms in total. The lowest BCUT2D eigenvalue weighted by Gasteiger charge is -2.20. The molecule has 23 heavy (non-hydrogen) atoms. The quantitative estimate of drug-likeness (QED) is 0.788. The van der Waals surface area contributed by atoms with Crippen molar-refractivity contribution in [2.45, 2.75) is 42.1 Å². The number of nitrogens with zero attached hydrogens (tertiary/aromatic N) is 5. The summed E-state index contributed by atoms with van der Waals surface area (Å²) in [7, 11) is 3.55. The fourth-order valence-corrected chi connectivity index (χ4v) is 4.06. The summed E-state index contributed by atoms with van der Waals surface area (Å²) >= 11 is 1.43. The first kappa shape index (κ1) is 16.0. The highest BCUT2D eigenvalue weighted by Gasteiger charge is 2.28. The lowest BCUT2D eigenvalue weighted by atomic mass is 10.1. The van der Waals surface area contributed by atoms with Crippen LogP contribution in [0.15, 0.2) is 35.5 Å². The van der Waals surface area contributed by atoms with Crippen molar-refractivity contribution in [3.63, 3.8) is 0 Å². The van der Waals surface area contributed by atoms with Crippen LogP contribution in [-0.4, -0.2) is 45.1 Å². The Kier molecular flexibility index (Phi) is 4.95. The molecule has 2 aromatic rings. The number of hydrogen-bond acceptors (Lipinski definition) is 5. The van der Waals surface area contributed by atoms with Gasteiger partial charge in [0.25, 0.3) is 0 Å². The molecule has 122 valence electrons. The Labute approximate surface area is 140 Å². The largest absolute Gasteiger partial charge is 0.348 e. The molecule has 1 aliphatic carbocycles. The van der Waals surface area contributed by atoms with Gasteiger partial charge in [-0.25, -0.2) is 4.68 Å². The molecule has 0 bridgehead atoms. The summed E-state index contributed by atoms with van der Waals surface area (Å²) in [6, 6.07) is 10.2. The standard InChI is InChI=1S/C16H21N5OS/c1-20(2)15(22)14(12-8-4-3-5-9-12)23-16-17-18-19-21(16)13-10-6-7-11-13/h3-5,8-9,13-14H,6-7,10-11H2,1-2H3/t14-/m0/s1. The normalized spacial score (nSPS) is 16.4. The van der Waals surface area contributed by atoms with E-state index < -0.39 is 0 Å². The second kappa shape index (κ2) is 7.12. The number of carbonyl (C=O) groups excluding carboxylic acids is 1. The van der Waals surface area contributed by atoms with Gasteiger partial charge in [0.2, 0.25) is 11.1 Å². The molecule has 1 heterocycles. The molecule has 1 aliphatic rings. The van der Waals surface area contributed by atoms with Gasteiger partial charge in [-0.15, -0.1) is 5.10 Å². The Morgan fingerprint density at radius 2 is 1.96 bits per heavy atom. The molecule has 3 rings (SSSR count). The van der Waals surface area contributed by atoms with Crippen molar-refractivity contribution in [2.75, 3.05) is 14.1 Å². The van der Waals surface area contributed by atoms with Crippen LogP contribution in [0.25, 0.3) is 0 Å². The zero-order chi connectivity index (χ0) is 16.2. The van der Waals surface area contributed by atoms with Crippen molar-refractivity contribution in [3.8, 4) is 0 Å². The number of tetrazole rings is 1. The van der Waals surface area contributed by atoms with Crippen LogP contribution in [0.2, 0.25) is 0 Å². The van der Waals surface area contributed by atoms with Gasteiger partial charge in [-0.1, -0.05) is 54.9 Å². The number of aromatic nitrogens is 4. The number of benzene rings is 1. The maximum absolute atomic E-state index is 12.6. The minimum atomic E-state index is -0.336. The van der Waals surface area contributed by atoms with Crippen LogP contribution in [0.1, 0.15) is 42.5 Å². The second-order valence-corrected chi connectivity index (χ2v) is 7.06. The number of hydrogen-bond donors (Lipinski definition) is 0. The van der Waals surface area contributed by atoms with Gasteiger partial charge >= 0.3 is 0 Å². The molecule has 1 aromatic carbocycles. The van der Waals surface area contributed by atoms with Crippen LogP contribution in [0.3, 0.4) is 0 Å². The number of amides is 1. The van der Waals surface area contributed by atoms with Crippen molar-refractivity contribution >= 4 is 17.7 Å². The van der Waals surface area contributed by atoms with Gasteiger partial charge in [0.15, 0.2) is 0 Å². The Hall–Kier alpha value is -1.89. The molecule has 1 fully saturated rings. The van der Waals surface area contributed by atoms with Gasteiger partial charge in [-0.05, 0) is 28.8 Å². The molecular formula is C16H21N5OS. The van der Waals surface area contributed by atoms with E-state index in [2.05, 4.69) is 15.5 Å². The van der Waals surface area contributed by atoms with E-state index in [1.54, 1.807) is 19.0 Å². The van der Waals surface area contributed by atoms with Gasteiger partial charge < -0.3 is 4.90 Å². The minimum absolute atomic E-state index is 0.0437. The molecule has 0 unspecified atom stereocenters. The topological polar surface area (TPSA) is 63.9 Å². The van der Waals surface area contributed by atoms with E-state index in [1.165, 1.54) is 24.6 Å². The van der Waals surface area contributed by atoms with Gasteiger partial charge in [-0.3, -0.25) is 4.79 Å².